The first-order valence-corrected chi connectivity index (χ1v) is 10.0. The Bertz CT molecular complexity index is 1180. The van der Waals surface area contributed by atoms with Crippen molar-refractivity contribution in [3.8, 4) is 0 Å². The van der Waals surface area contributed by atoms with Crippen molar-refractivity contribution in [3.63, 3.8) is 0 Å². The average molecular weight is 420 g/mol. The zero-order chi connectivity index (χ0) is 21.8. The van der Waals surface area contributed by atoms with E-state index in [-0.39, 0.29) is 47.5 Å². The Kier molecular flexibility index (Phi) is 4.25. The zero-order valence-electron chi connectivity index (χ0n) is 16.8. The van der Waals surface area contributed by atoms with Crippen LogP contribution in [0.15, 0.2) is 69.9 Å². The highest BCUT2D eigenvalue weighted by Crippen LogP contribution is 2.55. The first-order chi connectivity index (χ1) is 15.0. The molecule has 0 radical (unpaired) electrons. The summed E-state index contributed by atoms with van der Waals surface area (Å²) in [6.45, 7) is 1.73. The Morgan fingerprint density at radius 1 is 1.23 bits per heavy atom. The standard InChI is InChI=1S/C23H20N2O6/c1-2-29-21(27)19-20(24)31-17-11-12(16-8-5-9-30-16)10-15(26)18(17)23(19)13-6-3-4-7-14(13)25-22(23)28/h3-9,12H,2,10-11,24H2,1H3,(H,25,28)/t12-,23-/m0/s1. The molecular formula is C23H20N2O6. The van der Waals surface area contributed by atoms with Gasteiger partial charge in [0.2, 0.25) is 11.8 Å². The lowest BCUT2D eigenvalue weighted by molar-refractivity contribution is -0.141. The minimum absolute atomic E-state index is 0.0787. The Hall–Kier alpha value is -3.81. The molecule has 3 N–H and O–H groups in total. The van der Waals surface area contributed by atoms with Gasteiger partial charge in [-0.05, 0) is 25.1 Å². The lowest BCUT2D eigenvalue weighted by Crippen LogP contribution is -2.49. The summed E-state index contributed by atoms with van der Waals surface area (Å²) < 4.78 is 16.5. The molecule has 3 aliphatic rings. The predicted molar refractivity (Wildman–Crippen MR) is 108 cm³/mol. The molecule has 1 aromatic heterocycles. The zero-order valence-corrected chi connectivity index (χ0v) is 16.8. The molecule has 158 valence electrons. The van der Waals surface area contributed by atoms with Gasteiger partial charge in [0.1, 0.15) is 22.5 Å². The van der Waals surface area contributed by atoms with Crippen LogP contribution < -0.4 is 11.1 Å². The number of carbonyl (C=O) groups is 3. The molecule has 0 saturated heterocycles. The van der Waals surface area contributed by atoms with E-state index in [9.17, 15) is 14.4 Å². The second-order valence-electron chi connectivity index (χ2n) is 7.65. The molecule has 1 aromatic carbocycles. The summed E-state index contributed by atoms with van der Waals surface area (Å²) in [5, 5.41) is 2.80. The quantitative estimate of drug-likeness (QED) is 0.732. The van der Waals surface area contributed by atoms with Crippen LogP contribution in [0.3, 0.4) is 0 Å². The monoisotopic (exact) mass is 420 g/mol. The third kappa shape index (κ3) is 2.57. The highest BCUT2D eigenvalue weighted by molar-refractivity contribution is 6.22. The molecule has 0 bridgehead atoms. The number of anilines is 1. The largest absolute Gasteiger partial charge is 0.469 e. The van der Waals surface area contributed by atoms with Crippen LogP contribution in [0.4, 0.5) is 5.69 Å². The molecule has 0 unspecified atom stereocenters. The fourth-order valence-electron chi connectivity index (χ4n) is 4.82. The van der Waals surface area contributed by atoms with Crippen LogP contribution in [0, 0.1) is 0 Å². The molecule has 31 heavy (non-hydrogen) atoms. The Morgan fingerprint density at radius 2 is 2.03 bits per heavy atom. The third-order valence-electron chi connectivity index (χ3n) is 6.00. The molecule has 3 heterocycles. The summed E-state index contributed by atoms with van der Waals surface area (Å²) in [7, 11) is 0. The number of hydrogen-bond donors (Lipinski definition) is 2. The summed E-state index contributed by atoms with van der Waals surface area (Å²) in [5.74, 6) is -1.20. The Morgan fingerprint density at radius 3 is 2.77 bits per heavy atom. The van der Waals surface area contributed by atoms with Crippen LogP contribution >= 0.6 is 0 Å². The van der Waals surface area contributed by atoms with Crippen LogP contribution in [0.25, 0.3) is 0 Å². The summed E-state index contributed by atoms with van der Waals surface area (Å²) >= 11 is 0. The first kappa shape index (κ1) is 19.2. The highest BCUT2D eigenvalue weighted by atomic mass is 16.5. The summed E-state index contributed by atoms with van der Waals surface area (Å²) in [4.78, 5) is 40.0. The van der Waals surface area contributed by atoms with E-state index in [0.717, 1.165) is 0 Å². The van der Waals surface area contributed by atoms with Crippen LogP contribution in [-0.2, 0) is 29.3 Å². The van der Waals surface area contributed by atoms with Crippen molar-refractivity contribution in [2.24, 2.45) is 5.73 Å². The number of allylic oxidation sites excluding steroid dienone is 1. The van der Waals surface area contributed by atoms with E-state index in [2.05, 4.69) is 5.32 Å². The number of nitrogens with one attached hydrogen (secondary N) is 1. The second kappa shape index (κ2) is 6.87. The van der Waals surface area contributed by atoms with E-state index >= 15 is 0 Å². The number of Topliss-reactive ketones (excluding diaryl/α,β-unsaturated/α-hetero) is 1. The molecule has 8 nitrogen and oxygen atoms in total. The van der Waals surface area contributed by atoms with Crippen molar-refractivity contribution in [1.29, 1.82) is 0 Å². The maximum absolute atomic E-state index is 13.5. The fourth-order valence-corrected chi connectivity index (χ4v) is 4.82. The van der Waals surface area contributed by atoms with Crippen molar-refractivity contribution in [3.05, 3.63) is 76.8 Å². The maximum atomic E-state index is 13.5. The molecule has 2 atom stereocenters. The second-order valence-corrected chi connectivity index (χ2v) is 7.65. The van der Waals surface area contributed by atoms with Gasteiger partial charge in [-0.25, -0.2) is 4.79 Å². The summed E-state index contributed by atoms with van der Waals surface area (Å²) in [6.07, 6.45) is 1.96. The average Bonchev–Trinajstić information content (AvgIpc) is 3.36. The van der Waals surface area contributed by atoms with Gasteiger partial charge in [0.05, 0.1) is 18.4 Å². The van der Waals surface area contributed by atoms with Gasteiger partial charge in [-0.3, -0.25) is 9.59 Å². The number of fused-ring (bicyclic) bond motifs is 3. The van der Waals surface area contributed by atoms with Crippen LogP contribution in [0.1, 0.15) is 37.0 Å². The first-order valence-electron chi connectivity index (χ1n) is 10.0. The fraction of sp³-hybridized carbons (Fsp3) is 0.261. The van der Waals surface area contributed by atoms with Gasteiger partial charge in [-0.2, -0.15) is 0 Å². The Labute approximate surface area is 177 Å². The Balaban J connectivity index is 1.75. The van der Waals surface area contributed by atoms with Crippen LogP contribution in [0.5, 0.6) is 0 Å². The van der Waals surface area contributed by atoms with E-state index in [4.69, 9.17) is 19.6 Å². The lowest BCUT2D eigenvalue weighted by Gasteiger charge is -2.39. The molecule has 0 saturated carbocycles. The van der Waals surface area contributed by atoms with Crippen molar-refractivity contribution < 1.29 is 28.3 Å². The summed E-state index contributed by atoms with van der Waals surface area (Å²) in [5.41, 5.74) is 5.45. The van der Waals surface area contributed by atoms with Gasteiger partial charge in [-0.1, -0.05) is 18.2 Å². The molecule has 2 aliphatic heterocycles. The lowest BCUT2D eigenvalue weighted by atomic mass is 9.63. The number of ketones is 1. The van der Waals surface area contributed by atoms with E-state index < -0.39 is 17.3 Å². The molecule has 1 amide bonds. The number of amides is 1. The van der Waals surface area contributed by atoms with Crippen molar-refractivity contribution >= 4 is 23.3 Å². The number of furan rings is 1. The molecule has 1 aliphatic carbocycles. The van der Waals surface area contributed by atoms with E-state index in [1.807, 2.05) is 0 Å². The molecular weight excluding hydrogens is 400 g/mol. The number of carbonyl (C=O) groups excluding carboxylic acids is 3. The molecule has 2 aromatic rings. The number of rotatable bonds is 3. The van der Waals surface area contributed by atoms with E-state index in [0.29, 0.717) is 23.4 Å². The van der Waals surface area contributed by atoms with E-state index in [1.54, 1.807) is 49.6 Å². The van der Waals surface area contributed by atoms with Crippen LogP contribution in [-0.4, -0.2) is 24.3 Å². The smallest absolute Gasteiger partial charge is 0.341 e. The van der Waals surface area contributed by atoms with Gasteiger partial charge in [0.25, 0.3) is 0 Å². The van der Waals surface area contributed by atoms with Crippen LogP contribution in [0.2, 0.25) is 0 Å². The van der Waals surface area contributed by atoms with E-state index in [1.165, 1.54) is 0 Å². The molecule has 0 fully saturated rings. The number of para-hydroxylation sites is 1. The molecule has 5 rings (SSSR count). The number of nitrogens with two attached hydrogens (primary N) is 1. The topological polar surface area (TPSA) is 121 Å². The molecule has 8 heteroatoms. The number of benzene rings is 1. The van der Waals surface area contributed by atoms with Gasteiger partial charge in [0.15, 0.2) is 5.78 Å². The minimum atomic E-state index is -1.72. The van der Waals surface area contributed by atoms with Crippen molar-refractivity contribution in [1.82, 2.24) is 0 Å². The normalized spacial score (nSPS) is 24.6. The minimum Gasteiger partial charge on any atom is -0.469 e. The van der Waals surface area contributed by atoms with Gasteiger partial charge >= 0.3 is 5.97 Å². The number of hydrogen-bond acceptors (Lipinski definition) is 7. The maximum Gasteiger partial charge on any atom is 0.341 e. The molecule has 1 spiro atoms. The SMILES string of the molecule is CCOC(=O)C1=C(N)OC2=C(C(=O)C[C@H](c3ccco3)C2)[C@]12C(=O)Nc1ccccc12. The number of esters is 1. The summed E-state index contributed by atoms with van der Waals surface area (Å²) in [6, 6.07) is 10.5. The number of ether oxygens (including phenoxy) is 2. The van der Waals surface area contributed by atoms with Crippen molar-refractivity contribution in [2.75, 3.05) is 11.9 Å². The van der Waals surface area contributed by atoms with Crippen molar-refractivity contribution in [2.45, 2.75) is 31.1 Å². The highest BCUT2D eigenvalue weighted by Gasteiger charge is 2.62. The van der Waals surface area contributed by atoms with Gasteiger partial charge in [0, 0.05) is 30.0 Å². The predicted octanol–water partition coefficient (Wildman–Crippen LogP) is 2.63. The third-order valence-corrected chi connectivity index (χ3v) is 6.00. The van der Waals surface area contributed by atoms with Gasteiger partial charge < -0.3 is 24.9 Å². The van der Waals surface area contributed by atoms with Gasteiger partial charge in [-0.15, -0.1) is 0 Å².